The number of aromatic nitrogens is 2. The maximum absolute atomic E-state index is 12.8. The van der Waals surface area contributed by atoms with Crippen LogP contribution in [0.2, 0.25) is 0 Å². The van der Waals surface area contributed by atoms with E-state index in [2.05, 4.69) is 0 Å². The van der Waals surface area contributed by atoms with E-state index in [0.717, 1.165) is 25.7 Å². The standard InChI is InChI=1S/C24H31N5O6/c1-3-34-23(30)19-9-5-7-13-27(19)21-22(28-14-8-6-10-20(28)24(31)35-4-2)26-18-15-16(29(32)33)11-12-17(18)25-21/h11-12,15,19-20H,3-10,13-14H2,1-2H3. The van der Waals surface area contributed by atoms with Crippen LogP contribution >= 0.6 is 0 Å². The fraction of sp³-hybridized carbons (Fsp3) is 0.583. The van der Waals surface area contributed by atoms with Gasteiger partial charge in [0.2, 0.25) is 0 Å². The van der Waals surface area contributed by atoms with Crippen LogP contribution < -0.4 is 9.80 Å². The predicted molar refractivity (Wildman–Crippen MR) is 129 cm³/mol. The summed E-state index contributed by atoms with van der Waals surface area (Å²) in [6.07, 6.45) is 4.71. The Morgan fingerprint density at radius 3 is 1.91 bits per heavy atom. The summed E-state index contributed by atoms with van der Waals surface area (Å²) in [4.78, 5) is 50.0. The van der Waals surface area contributed by atoms with Gasteiger partial charge in [-0.2, -0.15) is 0 Å². The molecule has 11 nitrogen and oxygen atoms in total. The van der Waals surface area contributed by atoms with Gasteiger partial charge >= 0.3 is 11.9 Å². The van der Waals surface area contributed by atoms with Crippen molar-refractivity contribution in [1.29, 1.82) is 0 Å². The molecule has 35 heavy (non-hydrogen) atoms. The Hall–Kier alpha value is -3.50. The quantitative estimate of drug-likeness (QED) is 0.327. The SMILES string of the molecule is CCOC(=O)C1CCCCN1c1nc2ccc([N+](=O)[O-])cc2nc1N1CCCCC1C(=O)OCC. The highest BCUT2D eigenvalue weighted by Gasteiger charge is 2.38. The zero-order valence-corrected chi connectivity index (χ0v) is 20.1. The highest BCUT2D eigenvalue weighted by Crippen LogP contribution is 2.36. The zero-order valence-electron chi connectivity index (χ0n) is 20.1. The zero-order chi connectivity index (χ0) is 24.9. The highest BCUT2D eigenvalue weighted by atomic mass is 16.6. The molecular weight excluding hydrogens is 454 g/mol. The molecule has 3 heterocycles. The van der Waals surface area contributed by atoms with Crippen LogP contribution in [0.25, 0.3) is 11.0 Å². The topological polar surface area (TPSA) is 128 Å². The van der Waals surface area contributed by atoms with E-state index in [-0.39, 0.29) is 30.8 Å². The van der Waals surface area contributed by atoms with Crippen LogP contribution in [0, 0.1) is 10.1 Å². The lowest BCUT2D eigenvalue weighted by atomic mass is 10.0. The maximum Gasteiger partial charge on any atom is 0.328 e. The first-order valence-corrected chi connectivity index (χ1v) is 12.3. The van der Waals surface area contributed by atoms with E-state index >= 15 is 0 Å². The number of rotatable bonds is 7. The Morgan fingerprint density at radius 1 is 0.914 bits per heavy atom. The lowest BCUT2D eigenvalue weighted by molar-refractivity contribution is -0.384. The molecule has 2 fully saturated rings. The van der Waals surface area contributed by atoms with Gasteiger partial charge in [-0.25, -0.2) is 19.6 Å². The average molecular weight is 486 g/mol. The van der Waals surface area contributed by atoms with Crippen molar-refractivity contribution in [1.82, 2.24) is 9.97 Å². The second-order valence-electron chi connectivity index (χ2n) is 8.71. The van der Waals surface area contributed by atoms with Crippen molar-refractivity contribution in [2.24, 2.45) is 0 Å². The van der Waals surface area contributed by atoms with E-state index in [4.69, 9.17) is 19.4 Å². The summed E-state index contributed by atoms with van der Waals surface area (Å²) in [6, 6.07) is 3.28. The highest BCUT2D eigenvalue weighted by molar-refractivity contribution is 5.88. The van der Waals surface area contributed by atoms with Crippen molar-refractivity contribution < 1.29 is 24.0 Å². The molecule has 4 rings (SSSR count). The molecule has 0 aliphatic carbocycles. The molecule has 0 N–H and O–H groups in total. The summed E-state index contributed by atoms with van der Waals surface area (Å²) in [7, 11) is 0. The molecule has 0 spiro atoms. The minimum Gasteiger partial charge on any atom is -0.464 e. The first-order valence-electron chi connectivity index (χ1n) is 12.3. The molecule has 0 saturated carbocycles. The minimum atomic E-state index is -0.543. The van der Waals surface area contributed by atoms with Crippen LogP contribution in [-0.2, 0) is 19.1 Å². The summed E-state index contributed by atoms with van der Waals surface area (Å²) in [5, 5.41) is 11.4. The summed E-state index contributed by atoms with van der Waals surface area (Å²) < 4.78 is 10.7. The van der Waals surface area contributed by atoms with Gasteiger partial charge in [0.25, 0.3) is 5.69 Å². The van der Waals surface area contributed by atoms with E-state index in [0.29, 0.717) is 48.6 Å². The van der Waals surface area contributed by atoms with Crippen LogP contribution in [0.15, 0.2) is 18.2 Å². The number of hydrogen-bond donors (Lipinski definition) is 0. The number of ether oxygens (including phenoxy) is 2. The fourth-order valence-electron chi connectivity index (χ4n) is 4.86. The molecule has 2 atom stereocenters. The number of fused-ring (bicyclic) bond motifs is 1. The van der Waals surface area contributed by atoms with Crippen LogP contribution in [0.1, 0.15) is 52.4 Å². The third kappa shape index (κ3) is 5.13. The number of esters is 2. The number of piperidine rings is 2. The Morgan fingerprint density at radius 2 is 1.43 bits per heavy atom. The van der Waals surface area contributed by atoms with Crippen molar-refractivity contribution in [3.63, 3.8) is 0 Å². The number of nitro groups is 1. The number of non-ortho nitro benzene ring substituents is 1. The summed E-state index contributed by atoms with van der Waals surface area (Å²) in [6.45, 7) is 5.23. The second-order valence-corrected chi connectivity index (χ2v) is 8.71. The lowest BCUT2D eigenvalue weighted by Gasteiger charge is -2.40. The van der Waals surface area contributed by atoms with Gasteiger partial charge in [-0.3, -0.25) is 10.1 Å². The van der Waals surface area contributed by atoms with Crippen molar-refractivity contribution in [3.8, 4) is 0 Å². The predicted octanol–water partition coefficient (Wildman–Crippen LogP) is 3.38. The number of carbonyl (C=O) groups is 2. The monoisotopic (exact) mass is 485 g/mol. The van der Waals surface area contributed by atoms with Gasteiger partial charge in [0.05, 0.1) is 29.2 Å². The number of nitrogens with zero attached hydrogens (tertiary/aromatic N) is 5. The fourth-order valence-corrected chi connectivity index (χ4v) is 4.86. The van der Waals surface area contributed by atoms with Crippen LogP contribution in [0.3, 0.4) is 0 Å². The molecule has 188 valence electrons. The van der Waals surface area contributed by atoms with Crippen molar-refractivity contribution >= 4 is 40.3 Å². The third-order valence-electron chi connectivity index (χ3n) is 6.49. The summed E-state index contributed by atoms with van der Waals surface area (Å²) in [5.41, 5.74) is 0.747. The first kappa shape index (κ1) is 24.6. The number of nitro benzene ring substituents is 1. The maximum atomic E-state index is 12.8. The molecule has 1 aromatic heterocycles. The third-order valence-corrected chi connectivity index (χ3v) is 6.49. The molecule has 2 saturated heterocycles. The molecule has 2 aliphatic heterocycles. The summed E-state index contributed by atoms with van der Waals surface area (Å²) in [5.74, 6) is 0.274. The van der Waals surface area contributed by atoms with Crippen LogP contribution in [-0.4, -0.2) is 65.2 Å². The minimum absolute atomic E-state index is 0.0894. The molecule has 0 amide bonds. The Kier molecular flexibility index (Phi) is 7.62. The van der Waals surface area contributed by atoms with Gasteiger partial charge < -0.3 is 19.3 Å². The molecule has 2 aromatic rings. The van der Waals surface area contributed by atoms with Gasteiger partial charge in [-0.15, -0.1) is 0 Å². The molecular formula is C24H31N5O6. The van der Waals surface area contributed by atoms with Gasteiger partial charge in [0.1, 0.15) is 12.1 Å². The average Bonchev–Trinajstić information content (AvgIpc) is 2.87. The summed E-state index contributed by atoms with van der Waals surface area (Å²) >= 11 is 0. The smallest absolute Gasteiger partial charge is 0.328 e. The van der Waals surface area contributed by atoms with E-state index in [1.165, 1.54) is 12.1 Å². The van der Waals surface area contributed by atoms with Gasteiger partial charge in [0, 0.05) is 25.2 Å². The van der Waals surface area contributed by atoms with Gasteiger partial charge in [-0.05, 0) is 58.4 Å². The molecule has 2 unspecified atom stereocenters. The largest absolute Gasteiger partial charge is 0.464 e. The lowest BCUT2D eigenvalue weighted by Crippen LogP contribution is -2.49. The van der Waals surface area contributed by atoms with E-state index in [1.807, 2.05) is 9.80 Å². The molecule has 1 aromatic carbocycles. The normalized spacial score (nSPS) is 20.5. The van der Waals surface area contributed by atoms with E-state index in [1.54, 1.807) is 19.9 Å². The van der Waals surface area contributed by atoms with Crippen LogP contribution in [0.5, 0.6) is 0 Å². The van der Waals surface area contributed by atoms with Crippen LogP contribution in [0.4, 0.5) is 17.3 Å². The molecule has 0 radical (unpaired) electrons. The number of hydrogen-bond acceptors (Lipinski definition) is 10. The molecule has 11 heteroatoms. The van der Waals surface area contributed by atoms with Crippen molar-refractivity contribution in [2.75, 3.05) is 36.1 Å². The molecule has 0 bridgehead atoms. The van der Waals surface area contributed by atoms with Crippen molar-refractivity contribution in [3.05, 3.63) is 28.3 Å². The first-order chi connectivity index (χ1) is 16.9. The molecule has 2 aliphatic rings. The number of carbonyl (C=O) groups excluding carboxylic acids is 2. The van der Waals surface area contributed by atoms with E-state index in [9.17, 15) is 19.7 Å². The Labute approximate surface area is 203 Å². The number of anilines is 2. The Bertz CT molecular complexity index is 1110. The van der Waals surface area contributed by atoms with Gasteiger partial charge in [-0.1, -0.05) is 0 Å². The van der Waals surface area contributed by atoms with E-state index < -0.39 is 17.0 Å². The second kappa shape index (κ2) is 10.8. The van der Waals surface area contributed by atoms with Gasteiger partial charge in [0.15, 0.2) is 11.6 Å². The Balaban J connectivity index is 1.86. The van der Waals surface area contributed by atoms with Crippen molar-refractivity contribution in [2.45, 2.75) is 64.5 Å². The number of benzene rings is 1.